The summed E-state index contributed by atoms with van der Waals surface area (Å²) in [5, 5.41) is 0. The number of rotatable bonds is 1. The summed E-state index contributed by atoms with van der Waals surface area (Å²) in [4.78, 5) is 2.59. The van der Waals surface area contributed by atoms with Gasteiger partial charge in [0.05, 0.1) is 5.60 Å². The Labute approximate surface area is 87.6 Å². The van der Waals surface area contributed by atoms with Crippen molar-refractivity contribution in [2.45, 2.75) is 57.6 Å². The van der Waals surface area contributed by atoms with Gasteiger partial charge in [0.15, 0.2) is 0 Å². The van der Waals surface area contributed by atoms with Crippen molar-refractivity contribution < 1.29 is 4.74 Å². The highest BCUT2D eigenvalue weighted by molar-refractivity contribution is 4.89. The molecule has 1 spiro atoms. The molecular weight excluding hydrogens is 174 g/mol. The summed E-state index contributed by atoms with van der Waals surface area (Å²) in [5.41, 5.74) is 0.281. The Morgan fingerprint density at radius 2 is 1.86 bits per heavy atom. The molecule has 0 saturated carbocycles. The lowest BCUT2D eigenvalue weighted by atomic mass is 9.92. The molecule has 14 heavy (non-hydrogen) atoms. The monoisotopic (exact) mass is 197 g/mol. The van der Waals surface area contributed by atoms with Crippen molar-refractivity contribution in [3.8, 4) is 0 Å². The normalized spacial score (nSPS) is 35.4. The lowest BCUT2D eigenvalue weighted by Gasteiger charge is -2.28. The fourth-order valence-electron chi connectivity index (χ4n) is 2.85. The molecule has 2 heteroatoms. The molecule has 1 unspecified atom stereocenters. The predicted octanol–water partition coefficient (Wildman–Crippen LogP) is 2.43. The summed E-state index contributed by atoms with van der Waals surface area (Å²) in [7, 11) is 0. The summed E-state index contributed by atoms with van der Waals surface area (Å²) >= 11 is 0. The van der Waals surface area contributed by atoms with Crippen LogP contribution >= 0.6 is 0 Å². The second kappa shape index (κ2) is 4.19. The molecule has 0 aliphatic carbocycles. The van der Waals surface area contributed by atoms with Gasteiger partial charge in [-0.25, -0.2) is 0 Å². The van der Waals surface area contributed by atoms with E-state index < -0.39 is 0 Å². The van der Waals surface area contributed by atoms with E-state index in [4.69, 9.17) is 4.74 Å². The van der Waals surface area contributed by atoms with Crippen LogP contribution in [-0.2, 0) is 4.74 Å². The number of nitrogens with zero attached hydrogens (tertiary/aromatic N) is 1. The number of hydrogen-bond donors (Lipinski definition) is 0. The van der Waals surface area contributed by atoms with Gasteiger partial charge in [0, 0.05) is 19.2 Å². The third kappa shape index (κ3) is 2.12. The van der Waals surface area contributed by atoms with E-state index in [0.717, 1.165) is 6.61 Å². The zero-order valence-corrected chi connectivity index (χ0v) is 9.59. The van der Waals surface area contributed by atoms with Crippen molar-refractivity contribution in [3.63, 3.8) is 0 Å². The van der Waals surface area contributed by atoms with Gasteiger partial charge in [0.2, 0.25) is 0 Å². The lowest BCUT2D eigenvalue weighted by molar-refractivity contribution is -0.00775. The van der Waals surface area contributed by atoms with Crippen LogP contribution in [0.4, 0.5) is 0 Å². The van der Waals surface area contributed by atoms with Gasteiger partial charge in [-0.1, -0.05) is 0 Å². The molecule has 0 aromatic carbocycles. The van der Waals surface area contributed by atoms with Gasteiger partial charge in [-0.2, -0.15) is 0 Å². The van der Waals surface area contributed by atoms with Gasteiger partial charge >= 0.3 is 0 Å². The molecule has 2 saturated heterocycles. The fourth-order valence-corrected chi connectivity index (χ4v) is 2.85. The standard InChI is InChI=1S/C12H23NO/c1-11(2)13-8-3-5-12(7-9-13)6-4-10-14-12/h11H,3-10H2,1-2H3. The maximum Gasteiger partial charge on any atom is 0.0696 e. The van der Waals surface area contributed by atoms with Crippen molar-refractivity contribution in [2.75, 3.05) is 19.7 Å². The van der Waals surface area contributed by atoms with E-state index in [2.05, 4.69) is 18.7 Å². The van der Waals surface area contributed by atoms with Gasteiger partial charge in [-0.15, -0.1) is 0 Å². The molecule has 2 rings (SSSR count). The van der Waals surface area contributed by atoms with Gasteiger partial charge < -0.3 is 9.64 Å². The van der Waals surface area contributed by atoms with E-state index in [1.54, 1.807) is 0 Å². The van der Waals surface area contributed by atoms with Crippen molar-refractivity contribution in [1.29, 1.82) is 0 Å². The van der Waals surface area contributed by atoms with Gasteiger partial charge in [0.25, 0.3) is 0 Å². The molecule has 0 radical (unpaired) electrons. The minimum atomic E-state index is 0.281. The van der Waals surface area contributed by atoms with Crippen LogP contribution in [0.2, 0.25) is 0 Å². The quantitative estimate of drug-likeness (QED) is 0.640. The molecule has 0 amide bonds. The summed E-state index contributed by atoms with van der Waals surface area (Å²) in [5.74, 6) is 0. The van der Waals surface area contributed by atoms with Crippen LogP contribution in [0.1, 0.15) is 46.0 Å². The SMILES string of the molecule is CC(C)N1CCCC2(CCCO2)CC1. The average molecular weight is 197 g/mol. The van der Waals surface area contributed by atoms with Crippen LogP contribution in [-0.4, -0.2) is 36.2 Å². The first-order valence-corrected chi connectivity index (χ1v) is 6.10. The Morgan fingerprint density at radius 3 is 2.50 bits per heavy atom. The second-order valence-corrected chi connectivity index (χ2v) is 5.12. The third-order valence-electron chi connectivity index (χ3n) is 3.85. The van der Waals surface area contributed by atoms with E-state index in [1.807, 2.05) is 0 Å². The largest absolute Gasteiger partial charge is 0.375 e. The first kappa shape index (κ1) is 10.4. The summed E-state index contributed by atoms with van der Waals surface area (Å²) in [6.07, 6.45) is 6.44. The highest BCUT2D eigenvalue weighted by Gasteiger charge is 2.36. The van der Waals surface area contributed by atoms with Gasteiger partial charge in [-0.05, 0) is 52.5 Å². The predicted molar refractivity (Wildman–Crippen MR) is 58.5 cm³/mol. The Bertz CT molecular complexity index is 185. The van der Waals surface area contributed by atoms with E-state index in [-0.39, 0.29) is 5.60 Å². The van der Waals surface area contributed by atoms with Gasteiger partial charge in [0.1, 0.15) is 0 Å². The lowest BCUT2D eigenvalue weighted by Crippen LogP contribution is -2.34. The van der Waals surface area contributed by atoms with E-state index in [9.17, 15) is 0 Å². The molecule has 0 bridgehead atoms. The van der Waals surface area contributed by atoms with Crippen LogP contribution in [0.5, 0.6) is 0 Å². The number of hydrogen-bond acceptors (Lipinski definition) is 2. The highest BCUT2D eigenvalue weighted by atomic mass is 16.5. The highest BCUT2D eigenvalue weighted by Crippen LogP contribution is 2.35. The van der Waals surface area contributed by atoms with E-state index >= 15 is 0 Å². The maximum atomic E-state index is 5.96. The smallest absolute Gasteiger partial charge is 0.0696 e. The van der Waals surface area contributed by atoms with Crippen molar-refractivity contribution >= 4 is 0 Å². The van der Waals surface area contributed by atoms with Crippen molar-refractivity contribution in [3.05, 3.63) is 0 Å². The van der Waals surface area contributed by atoms with Crippen LogP contribution in [0.25, 0.3) is 0 Å². The van der Waals surface area contributed by atoms with Crippen LogP contribution in [0, 0.1) is 0 Å². The Kier molecular flexibility index (Phi) is 3.13. The molecule has 2 aliphatic heterocycles. The van der Waals surface area contributed by atoms with Gasteiger partial charge in [-0.3, -0.25) is 0 Å². The van der Waals surface area contributed by atoms with E-state index in [0.29, 0.717) is 6.04 Å². The minimum Gasteiger partial charge on any atom is -0.375 e. The molecular formula is C12H23NO. The topological polar surface area (TPSA) is 12.5 Å². The molecule has 0 aromatic rings. The van der Waals surface area contributed by atoms with Crippen molar-refractivity contribution in [1.82, 2.24) is 4.90 Å². The Hall–Kier alpha value is -0.0800. The second-order valence-electron chi connectivity index (χ2n) is 5.12. The Balaban J connectivity index is 1.93. The maximum absolute atomic E-state index is 5.96. The van der Waals surface area contributed by atoms with Crippen molar-refractivity contribution in [2.24, 2.45) is 0 Å². The number of likely N-dealkylation sites (tertiary alicyclic amines) is 1. The molecule has 1 atom stereocenters. The van der Waals surface area contributed by atoms with Crippen LogP contribution in [0.15, 0.2) is 0 Å². The van der Waals surface area contributed by atoms with Crippen LogP contribution in [0.3, 0.4) is 0 Å². The fraction of sp³-hybridized carbons (Fsp3) is 1.00. The summed E-state index contributed by atoms with van der Waals surface area (Å²) in [6, 6.07) is 0.701. The third-order valence-corrected chi connectivity index (χ3v) is 3.85. The number of ether oxygens (including phenoxy) is 1. The molecule has 2 fully saturated rings. The van der Waals surface area contributed by atoms with Crippen LogP contribution < -0.4 is 0 Å². The first-order valence-electron chi connectivity index (χ1n) is 6.10. The minimum absolute atomic E-state index is 0.281. The van der Waals surface area contributed by atoms with E-state index in [1.165, 1.54) is 45.2 Å². The average Bonchev–Trinajstić information content (AvgIpc) is 2.47. The molecule has 2 aliphatic rings. The molecule has 2 heterocycles. The summed E-state index contributed by atoms with van der Waals surface area (Å²) < 4.78 is 5.96. The summed E-state index contributed by atoms with van der Waals surface area (Å²) in [6.45, 7) is 8.10. The Morgan fingerprint density at radius 1 is 1.07 bits per heavy atom. The zero-order chi connectivity index (χ0) is 10.0. The molecule has 0 N–H and O–H groups in total. The molecule has 2 nitrogen and oxygen atoms in total. The first-order chi connectivity index (χ1) is 6.72. The molecule has 82 valence electrons. The molecule has 0 aromatic heterocycles. The zero-order valence-electron chi connectivity index (χ0n) is 9.59.